The predicted molar refractivity (Wildman–Crippen MR) is 79.4 cm³/mol. The summed E-state index contributed by atoms with van der Waals surface area (Å²) in [6.45, 7) is 14.2. The van der Waals surface area contributed by atoms with Crippen LogP contribution >= 0.6 is 0 Å². The summed E-state index contributed by atoms with van der Waals surface area (Å²) < 4.78 is 5.28. The summed E-state index contributed by atoms with van der Waals surface area (Å²) in [7, 11) is 0. The number of hydrogen-bond donors (Lipinski definition) is 2. The Balaban J connectivity index is 5.05. The van der Waals surface area contributed by atoms with E-state index in [1.54, 1.807) is 27.7 Å². The molecule has 0 unspecified atom stereocenters. The Morgan fingerprint density at radius 3 is 2.35 bits per heavy atom. The summed E-state index contributed by atoms with van der Waals surface area (Å²) in [6, 6.07) is -0.750. The van der Waals surface area contributed by atoms with Crippen molar-refractivity contribution in [2.24, 2.45) is 0 Å². The molecule has 2 N–H and O–H groups in total. The molecule has 0 fully saturated rings. The summed E-state index contributed by atoms with van der Waals surface area (Å²) in [6.07, 6.45) is 0.351. The average Bonchev–Trinajstić information content (AvgIpc) is 2.25. The second-order valence-electron chi connectivity index (χ2n) is 5.90. The number of nitrogens with zero attached hydrogens (tertiary/aromatic N) is 1. The summed E-state index contributed by atoms with van der Waals surface area (Å²) >= 11 is 0. The molecular weight excluding hydrogens is 258 g/mol. The zero-order chi connectivity index (χ0) is 15.9. The van der Waals surface area contributed by atoms with Gasteiger partial charge in [0.1, 0.15) is 5.60 Å². The van der Waals surface area contributed by atoms with Crippen molar-refractivity contribution in [3.63, 3.8) is 0 Å². The van der Waals surface area contributed by atoms with Crippen molar-refractivity contribution < 1.29 is 19.7 Å². The van der Waals surface area contributed by atoms with E-state index in [-0.39, 0.29) is 13.2 Å². The molecule has 5 nitrogen and oxygen atoms in total. The summed E-state index contributed by atoms with van der Waals surface area (Å²) in [5.41, 5.74) is 0.134. The molecule has 0 aromatic carbocycles. The Bertz CT molecular complexity index is 346. The molecule has 0 radical (unpaired) electrons. The summed E-state index contributed by atoms with van der Waals surface area (Å²) in [5, 5.41) is 19.6. The van der Waals surface area contributed by atoms with Gasteiger partial charge in [-0.15, -0.1) is 13.2 Å². The zero-order valence-corrected chi connectivity index (χ0v) is 12.9. The highest BCUT2D eigenvalue weighted by Gasteiger charge is 2.31. The molecule has 0 aliphatic rings. The van der Waals surface area contributed by atoms with Gasteiger partial charge < -0.3 is 14.9 Å². The van der Waals surface area contributed by atoms with Crippen LogP contribution in [0.15, 0.2) is 24.8 Å². The SMILES string of the molecule is C=CCN(C(=O)OC(C)(C)C)[C@H](CO)[C@@H](O)CC(=C)C. The normalized spacial score (nSPS) is 14.3. The van der Waals surface area contributed by atoms with Crippen molar-refractivity contribution in [3.05, 3.63) is 24.8 Å². The van der Waals surface area contributed by atoms with Gasteiger partial charge in [0, 0.05) is 6.54 Å². The topological polar surface area (TPSA) is 70.0 Å². The fourth-order valence-corrected chi connectivity index (χ4v) is 1.73. The van der Waals surface area contributed by atoms with E-state index >= 15 is 0 Å². The van der Waals surface area contributed by atoms with Crippen molar-refractivity contribution in [2.45, 2.75) is 51.9 Å². The third kappa shape index (κ3) is 6.73. The van der Waals surface area contributed by atoms with E-state index in [9.17, 15) is 15.0 Å². The maximum Gasteiger partial charge on any atom is 0.410 e. The van der Waals surface area contributed by atoms with Crippen molar-refractivity contribution >= 4 is 6.09 Å². The van der Waals surface area contributed by atoms with E-state index < -0.39 is 23.8 Å². The smallest absolute Gasteiger partial charge is 0.410 e. The van der Waals surface area contributed by atoms with E-state index in [1.165, 1.54) is 11.0 Å². The first-order chi connectivity index (χ1) is 9.12. The van der Waals surface area contributed by atoms with Crippen LogP contribution in [0, 0.1) is 0 Å². The number of carbonyl (C=O) groups is 1. The number of ether oxygens (including phenoxy) is 1. The maximum atomic E-state index is 12.2. The summed E-state index contributed by atoms with van der Waals surface area (Å²) in [5.74, 6) is 0. The molecule has 0 aliphatic carbocycles. The van der Waals surface area contributed by atoms with Gasteiger partial charge in [-0.1, -0.05) is 11.6 Å². The number of aliphatic hydroxyl groups excluding tert-OH is 2. The Labute approximate surface area is 121 Å². The van der Waals surface area contributed by atoms with Gasteiger partial charge in [-0.3, -0.25) is 4.90 Å². The fourth-order valence-electron chi connectivity index (χ4n) is 1.73. The number of amides is 1. The van der Waals surface area contributed by atoms with E-state index in [2.05, 4.69) is 13.2 Å². The minimum absolute atomic E-state index is 0.188. The third-order valence-corrected chi connectivity index (χ3v) is 2.54. The first-order valence-corrected chi connectivity index (χ1v) is 6.66. The molecule has 0 aliphatic heterocycles. The highest BCUT2D eigenvalue weighted by molar-refractivity contribution is 5.69. The number of rotatable bonds is 7. The Morgan fingerprint density at radius 2 is 2.00 bits per heavy atom. The van der Waals surface area contributed by atoms with Crippen LogP contribution in [0.5, 0.6) is 0 Å². The van der Waals surface area contributed by atoms with E-state index in [0.717, 1.165) is 5.57 Å². The lowest BCUT2D eigenvalue weighted by Crippen LogP contribution is -2.50. The molecule has 0 aromatic heterocycles. The van der Waals surface area contributed by atoms with Crippen LogP contribution in [0.4, 0.5) is 4.79 Å². The van der Waals surface area contributed by atoms with Gasteiger partial charge in [-0.05, 0) is 34.1 Å². The van der Waals surface area contributed by atoms with Crippen LogP contribution in [0.1, 0.15) is 34.1 Å². The van der Waals surface area contributed by atoms with Gasteiger partial charge in [-0.2, -0.15) is 0 Å². The average molecular weight is 285 g/mol. The molecule has 0 bridgehead atoms. The maximum absolute atomic E-state index is 12.2. The first-order valence-electron chi connectivity index (χ1n) is 6.66. The number of hydrogen-bond acceptors (Lipinski definition) is 4. The third-order valence-electron chi connectivity index (χ3n) is 2.54. The van der Waals surface area contributed by atoms with E-state index in [0.29, 0.717) is 6.42 Å². The minimum atomic E-state index is -0.898. The molecule has 0 rings (SSSR count). The minimum Gasteiger partial charge on any atom is -0.444 e. The second kappa shape index (κ2) is 8.07. The van der Waals surface area contributed by atoms with Crippen LogP contribution in [-0.4, -0.2) is 52.1 Å². The highest BCUT2D eigenvalue weighted by atomic mass is 16.6. The number of carbonyl (C=O) groups excluding carboxylic acids is 1. The zero-order valence-electron chi connectivity index (χ0n) is 12.9. The van der Waals surface area contributed by atoms with E-state index in [4.69, 9.17) is 4.74 Å². The van der Waals surface area contributed by atoms with Gasteiger partial charge in [0.25, 0.3) is 0 Å². The first kappa shape index (κ1) is 18.7. The molecule has 2 atom stereocenters. The van der Waals surface area contributed by atoms with Crippen LogP contribution in [0.3, 0.4) is 0 Å². The Kier molecular flexibility index (Phi) is 7.53. The van der Waals surface area contributed by atoms with Crippen LogP contribution in [-0.2, 0) is 4.74 Å². The van der Waals surface area contributed by atoms with Crippen molar-refractivity contribution in [3.8, 4) is 0 Å². The Morgan fingerprint density at radius 1 is 1.45 bits per heavy atom. The van der Waals surface area contributed by atoms with Crippen molar-refractivity contribution in [1.82, 2.24) is 4.90 Å². The molecule has 20 heavy (non-hydrogen) atoms. The molecular formula is C15H27NO4. The van der Waals surface area contributed by atoms with Crippen molar-refractivity contribution in [1.29, 1.82) is 0 Å². The highest BCUT2D eigenvalue weighted by Crippen LogP contribution is 2.16. The standard InChI is InChI=1S/C15H27NO4/c1-7-8-16(14(19)20-15(4,5)6)12(10-17)13(18)9-11(2)3/h7,12-13,17-18H,1-2,8-10H2,3-6H3/t12-,13+/m1/s1. The molecule has 0 saturated heterocycles. The fraction of sp³-hybridized carbons (Fsp3) is 0.667. The lowest BCUT2D eigenvalue weighted by atomic mass is 10.0. The molecule has 0 heterocycles. The molecule has 5 heteroatoms. The molecule has 0 saturated carbocycles. The van der Waals surface area contributed by atoms with Gasteiger partial charge >= 0.3 is 6.09 Å². The van der Waals surface area contributed by atoms with Gasteiger partial charge in [0.05, 0.1) is 18.8 Å². The summed E-state index contributed by atoms with van der Waals surface area (Å²) in [4.78, 5) is 13.4. The van der Waals surface area contributed by atoms with Crippen LogP contribution in [0.25, 0.3) is 0 Å². The molecule has 1 amide bonds. The molecule has 0 aromatic rings. The van der Waals surface area contributed by atoms with Crippen LogP contribution in [0.2, 0.25) is 0 Å². The molecule has 0 spiro atoms. The molecule has 116 valence electrons. The lowest BCUT2D eigenvalue weighted by molar-refractivity contribution is -0.0153. The number of aliphatic hydroxyl groups is 2. The lowest BCUT2D eigenvalue weighted by Gasteiger charge is -2.34. The largest absolute Gasteiger partial charge is 0.444 e. The quantitative estimate of drug-likeness (QED) is 0.703. The van der Waals surface area contributed by atoms with E-state index in [1.807, 2.05) is 0 Å². The second-order valence-corrected chi connectivity index (χ2v) is 5.90. The monoisotopic (exact) mass is 285 g/mol. The van der Waals surface area contributed by atoms with Gasteiger partial charge in [0.2, 0.25) is 0 Å². The van der Waals surface area contributed by atoms with Crippen LogP contribution < -0.4 is 0 Å². The predicted octanol–water partition coefficient (Wildman–Crippen LogP) is 2.10. The Hall–Kier alpha value is -1.33. The van der Waals surface area contributed by atoms with Gasteiger partial charge in [0.15, 0.2) is 0 Å². The van der Waals surface area contributed by atoms with Crippen molar-refractivity contribution in [2.75, 3.05) is 13.2 Å². The van der Waals surface area contributed by atoms with Gasteiger partial charge in [-0.25, -0.2) is 4.79 Å².